The van der Waals surface area contributed by atoms with Crippen molar-refractivity contribution in [3.8, 4) is 17.7 Å². The SMILES string of the molecule is N#Cc1nc(-c2ccco2)oc1N1CCC(C(=O)N2CCCC2C(=O)Nc2ccccc2)CC1. The first kappa shape index (κ1) is 21.8. The maximum absolute atomic E-state index is 13.3. The molecule has 2 amide bonds. The highest BCUT2D eigenvalue weighted by Gasteiger charge is 2.38. The molecule has 5 rings (SSSR count). The molecule has 2 fully saturated rings. The molecule has 2 aliphatic heterocycles. The average molecular weight is 460 g/mol. The maximum Gasteiger partial charge on any atom is 0.266 e. The topological polar surface area (TPSA) is 116 Å². The van der Waals surface area contributed by atoms with Crippen molar-refractivity contribution in [3.05, 3.63) is 54.4 Å². The summed E-state index contributed by atoms with van der Waals surface area (Å²) in [6, 6.07) is 14.4. The Morgan fingerprint density at radius 2 is 1.85 bits per heavy atom. The van der Waals surface area contributed by atoms with Crippen molar-refractivity contribution in [3.63, 3.8) is 0 Å². The number of carbonyl (C=O) groups is 2. The van der Waals surface area contributed by atoms with Crippen LogP contribution in [-0.2, 0) is 9.59 Å². The predicted octanol–water partition coefficient (Wildman–Crippen LogP) is 3.65. The van der Waals surface area contributed by atoms with E-state index in [4.69, 9.17) is 8.83 Å². The molecule has 2 aromatic heterocycles. The van der Waals surface area contributed by atoms with Crippen LogP contribution in [0.3, 0.4) is 0 Å². The van der Waals surface area contributed by atoms with Crippen molar-refractivity contribution in [2.24, 2.45) is 5.92 Å². The molecule has 3 aromatic rings. The first-order chi connectivity index (χ1) is 16.6. The van der Waals surface area contributed by atoms with Gasteiger partial charge in [-0.25, -0.2) is 0 Å². The monoisotopic (exact) mass is 459 g/mol. The van der Waals surface area contributed by atoms with E-state index >= 15 is 0 Å². The lowest BCUT2D eigenvalue weighted by Crippen LogP contribution is -2.48. The van der Waals surface area contributed by atoms with Crippen LogP contribution in [0, 0.1) is 17.2 Å². The molecule has 4 heterocycles. The van der Waals surface area contributed by atoms with Crippen molar-refractivity contribution < 1.29 is 18.4 Å². The van der Waals surface area contributed by atoms with Gasteiger partial charge in [-0.1, -0.05) is 18.2 Å². The summed E-state index contributed by atoms with van der Waals surface area (Å²) in [6.45, 7) is 1.72. The van der Waals surface area contributed by atoms with Gasteiger partial charge in [0.25, 0.3) is 5.89 Å². The van der Waals surface area contributed by atoms with Gasteiger partial charge in [0, 0.05) is 31.2 Å². The molecule has 0 radical (unpaired) electrons. The Bertz CT molecular complexity index is 1190. The van der Waals surface area contributed by atoms with Gasteiger partial charge >= 0.3 is 0 Å². The van der Waals surface area contributed by atoms with E-state index < -0.39 is 6.04 Å². The minimum Gasteiger partial charge on any atom is -0.459 e. The Hall–Kier alpha value is -4.06. The number of likely N-dealkylation sites (tertiary alicyclic amines) is 1. The molecular weight excluding hydrogens is 434 g/mol. The van der Waals surface area contributed by atoms with Crippen LogP contribution >= 0.6 is 0 Å². The van der Waals surface area contributed by atoms with Gasteiger partial charge in [-0.2, -0.15) is 10.2 Å². The van der Waals surface area contributed by atoms with E-state index in [0.717, 1.165) is 12.1 Å². The maximum atomic E-state index is 13.3. The van der Waals surface area contributed by atoms with Crippen molar-refractivity contribution >= 4 is 23.4 Å². The first-order valence-electron chi connectivity index (χ1n) is 11.5. The highest BCUT2D eigenvalue weighted by Crippen LogP contribution is 2.32. The van der Waals surface area contributed by atoms with Gasteiger partial charge in [0.15, 0.2) is 5.76 Å². The summed E-state index contributed by atoms with van der Waals surface area (Å²) in [4.78, 5) is 34.1. The number of anilines is 2. The summed E-state index contributed by atoms with van der Waals surface area (Å²) < 4.78 is 11.2. The van der Waals surface area contributed by atoms with Crippen LogP contribution in [0.1, 0.15) is 31.4 Å². The molecule has 1 unspecified atom stereocenters. The number of nitriles is 1. The molecule has 0 saturated carbocycles. The zero-order chi connectivity index (χ0) is 23.5. The van der Waals surface area contributed by atoms with Gasteiger partial charge in [0.1, 0.15) is 12.1 Å². The molecule has 1 N–H and O–H groups in total. The molecule has 0 bridgehead atoms. The van der Waals surface area contributed by atoms with Gasteiger partial charge in [0.05, 0.1) is 6.26 Å². The number of nitrogens with one attached hydrogen (secondary N) is 1. The molecule has 1 atom stereocenters. The van der Waals surface area contributed by atoms with Crippen LogP contribution in [0.5, 0.6) is 0 Å². The van der Waals surface area contributed by atoms with E-state index in [1.165, 1.54) is 6.26 Å². The normalized spacial score (nSPS) is 18.6. The second kappa shape index (κ2) is 9.43. The van der Waals surface area contributed by atoms with Gasteiger partial charge in [-0.3, -0.25) is 9.59 Å². The zero-order valence-electron chi connectivity index (χ0n) is 18.6. The number of furan rings is 1. The Kier molecular flexibility index (Phi) is 6.04. The molecule has 9 heteroatoms. The van der Waals surface area contributed by atoms with Crippen molar-refractivity contribution in [2.75, 3.05) is 29.9 Å². The van der Waals surface area contributed by atoms with Gasteiger partial charge < -0.3 is 24.0 Å². The molecule has 0 aliphatic carbocycles. The largest absolute Gasteiger partial charge is 0.459 e. The predicted molar refractivity (Wildman–Crippen MR) is 124 cm³/mol. The Labute approximate surface area is 197 Å². The lowest BCUT2D eigenvalue weighted by molar-refractivity contribution is -0.140. The van der Waals surface area contributed by atoms with Gasteiger partial charge in [-0.05, 0) is 49.9 Å². The van der Waals surface area contributed by atoms with Gasteiger partial charge in [-0.15, -0.1) is 0 Å². The van der Waals surface area contributed by atoms with E-state index in [1.54, 1.807) is 17.0 Å². The Morgan fingerprint density at radius 3 is 2.56 bits per heavy atom. The number of benzene rings is 1. The highest BCUT2D eigenvalue weighted by molar-refractivity contribution is 5.97. The van der Waals surface area contributed by atoms with Crippen molar-refractivity contribution in [1.82, 2.24) is 9.88 Å². The summed E-state index contributed by atoms with van der Waals surface area (Å²) in [5.74, 6) is 0.848. The lowest BCUT2D eigenvalue weighted by atomic mass is 9.95. The number of rotatable bonds is 5. The third kappa shape index (κ3) is 4.27. The summed E-state index contributed by atoms with van der Waals surface area (Å²) in [5.41, 5.74) is 0.933. The zero-order valence-corrected chi connectivity index (χ0v) is 18.6. The third-order valence-electron chi connectivity index (χ3n) is 6.46. The van der Waals surface area contributed by atoms with E-state index in [2.05, 4.69) is 16.4 Å². The van der Waals surface area contributed by atoms with Crippen molar-refractivity contribution in [2.45, 2.75) is 31.7 Å². The molecule has 174 valence electrons. The van der Waals surface area contributed by atoms with E-state index in [1.807, 2.05) is 35.2 Å². The Morgan fingerprint density at radius 1 is 1.06 bits per heavy atom. The smallest absolute Gasteiger partial charge is 0.266 e. The van der Waals surface area contributed by atoms with Gasteiger partial charge in [0.2, 0.25) is 23.4 Å². The number of hydrogen-bond donors (Lipinski definition) is 1. The van der Waals surface area contributed by atoms with Crippen LogP contribution in [0.25, 0.3) is 11.7 Å². The van der Waals surface area contributed by atoms with Crippen LogP contribution in [0.15, 0.2) is 57.6 Å². The van der Waals surface area contributed by atoms with E-state index in [-0.39, 0.29) is 29.3 Å². The van der Waals surface area contributed by atoms with Crippen LogP contribution in [0.4, 0.5) is 11.6 Å². The number of para-hydroxylation sites is 1. The quantitative estimate of drug-likeness (QED) is 0.619. The number of piperidine rings is 1. The average Bonchev–Trinajstić information content (AvgIpc) is 3.64. The molecular formula is C25H25N5O4. The number of aromatic nitrogens is 1. The van der Waals surface area contributed by atoms with Crippen molar-refractivity contribution in [1.29, 1.82) is 5.26 Å². The number of hydrogen-bond acceptors (Lipinski definition) is 7. The highest BCUT2D eigenvalue weighted by atomic mass is 16.4. The second-order valence-electron chi connectivity index (χ2n) is 8.57. The summed E-state index contributed by atoms with van der Waals surface area (Å²) >= 11 is 0. The number of amides is 2. The number of carbonyl (C=O) groups excluding carboxylic acids is 2. The third-order valence-corrected chi connectivity index (χ3v) is 6.46. The fraction of sp³-hybridized carbons (Fsp3) is 0.360. The molecule has 1 aromatic carbocycles. The number of oxazole rings is 1. The first-order valence-corrected chi connectivity index (χ1v) is 11.5. The summed E-state index contributed by atoms with van der Waals surface area (Å²) in [7, 11) is 0. The second-order valence-corrected chi connectivity index (χ2v) is 8.57. The van der Waals surface area contributed by atoms with Crippen LogP contribution < -0.4 is 10.2 Å². The lowest BCUT2D eigenvalue weighted by Gasteiger charge is -2.34. The minimum absolute atomic E-state index is 0.0275. The fourth-order valence-corrected chi connectivity index (χ4v) is 4.72. The molecule has 2 aliphatic rings. The minimum atomic E-state index is -0.443. The molecule has 0 spiro atoms. The Balaban J connectivity index is 1.22. The fourth-order valence-electron chi connectivity index (χ4n) is 4.72. The standard InChI is InChI=1S/C25H25N5O4/c26-16-19-25(34-23(28-19)21-9-5-15-33-21)29-13-10-17(11-14-29)24(32)30-12-4-8-20(30)22(31)27-18-6-2-1-3-7-18/h1-3,5-7,9,15,17,20H,4,8,10-14H2,(H,27,31). The number of nitrogens with zero attached hydrogens (tertiary/aromatic N) is 4. The van der Waals surface area contributed by atoms with E-state index in [0.29, 0.717) is 50.5 Å². The molecule has 34 heavy (non-hydrogen) atoms. The van der Waals surface area contributed by atoms with Crippen LogP contribution in [0.2, 0.25) is 0 Å². The summed E-state index contributed by atoms with van der Waals surface area (Å²) in [6.07, 6.45) is 4.24. The van der Waals surface area contributed by atoms with Crippen LogP contribution in [-0.4, -0.2) is 47.4 Å². The molecule has 2 saturated heterocycles. The molecule has 9 nitrogen and oxygen atoms in total. The summed E-state index contributed by atoms with van der Waals surface area (Å²) in [5, 5.41) is 12.4. The van der Waals surface area contributed by atoms with E-state index in [9.17, 15) is 14.9 Å².